The van der Waals surface area contributed by atoms with Gasteiger partial charge in [0.25, 0.3) is 0 Å². The first-order valence-corrected chi connectivity index (χ1v) is 4.91. The number of nitrogens with one attached hydrogen (secondary N) is 1. The van der Waals surface area contributed by atoms with E-state index in [-0.39, 0.29) is 19.2 Å². The largest absolute Gasteiger partial charge is 0.480 e. The van der Waals surface area contributed by atoms with Gasteiger partial charge in [-0.25, -0.2) is 9.59 Å². The van der Waals surface area contributed by atoms with Gasteiger partial charge in [-0.1, -0.05) is 0 Å². The van der Waals surface area contributed by atoms with Gasteiger partial charge in [0.2, 0.25) is 0 Å². The summed E-state index contributed by atoms with van der Waals surface area (Å²) in [6.45, 7) is 0.230. The van der Waals surface area contributed by atoms with E-state index >= 15 is 0 Å². The van der Waals surface area contributed by atoms with E-state index in [9.17, 15) is 9.59 Å². The lowest BCUT2D eigenvalue weighted by molar-refractivity contribution is -0.142. The van der Waals surface area contributed by atoms with E-state index in [0.29, 0.717) is 12.6 Å². The molecule has 2 N–H and O–H groups in total. The maximum atomic E-state index is 11.4. The van der Waals surface area contributed by atoms with Crippen LogP contribution in [0.3, 0.4) is 0 Å². The fourth-order valence-corrected chi connectivity index (χ4v) is 1.14. The molecule has 0 spiro atoms. The van der Waals surface area contributed by atoms with Crippen LogP contribution in [0.25, 0.3) is 0 Å². The second-order valence-corrected chi connectivity index (χ2v) is 3.52. The lowest BCUT2D eigenvalue weighted by atomic mass is 10.6. The standard InChI is InChI=1S/C9H16N2O4/c1-11(7-2-3-7)9(14)10-4-5-15-6-8(12)13/h7H,2-6H2,1H3,(H,10,14)(H,12,13). The molecule has 0 heterocycles. The molecule has 1 aliphatic rings. The molecule has 6 heteroatoms. The van der Waals surface area contributed by atoms with E-state index in [2.05, 4.69) is 5.32 Å². The van der Waals surface area contributed by atoms with Crippen molar-refractivity contribution in [3.63, 3.8) is 0 Å². The van der Waals surface area contributed by atoms with Crippen molar-refractivity contribution in [1.82, 2.24) is 10.2 Å². The molecule has 1 aliphatic carbocycles. The maximum Gasteiger partial charge on any atom is 0.329 e. The highest BCUT2D eigenvalue weighted by Crippen LogP contribution is 2.24. The van der Waals surface area contributed by atoms with Crippen molar-refractivity contribution in [3.05, 3.63) is 0 Å². The second-order valence-electron chi connectivity index (χ2n) is 3.52. The molecule has 2 amide bonds. The number of nitrogens with zero attached hydrogens (tertiary/aromatic N) is 1. The lowest BCUT2D eigenvalue weighted by Crippen LogP contribution is -2.40. The van der Waals surface area contributed by atoms with Crippen LogP contribution in [-0.2, 0) is 9.53 Å². The summed E-state index contributed by atoms with van der Waals surface area (Å²) < 4.78 is 4.77. The number of carbonyl (C=O) groups is 2. The molecule has 1 rings (SSSR count). The van der Waals surface area contributed by atoms with Crippen molar-refractivity contribution in [2.75, 3.05) is 26.8 Å². The molecule has 0 atom stereocenters. The summed E-state index contributed by atoms with van der Waals surface area (Å²) in [4.78, 5) is 23.1. The number of ether oxygens (including phenoxy) is 1. The predicted octanol–water partition coefficient (Wildman–Crippen LogP) is -0.109. The highest BCUT2D eigenvalue weighted by molar-refractivity contribution is 5.74. The molecule has 0 saturated heterocycles. The van der Waals surface area contributed by atoms with Crippen LogP contribution in [0.1, 0.15) is 12.8 Å². The number of aliphatic carboxylic acids is 1. The van der Waals surface area contributed by atoms with Crippen molar-refractivity contribution in [3.8, 4) is 0 Å². The van der Waals surface area contributed by atoms with E-state index in [1.165, 1.54) is 0 Å². The fraction of sp³-hybridized carbons (Fsp3) is 0.778. The molecule has 1 saturated carbocycles. The monoisotopic (exact) mass is 216 g/mol. The number of hydrogen-bond acceptors (Lipinski definition) is 3. The van der Waals surface area contributed by atoms with Gasteiger partial charge in [-0.15, -0.1) is 0 Å². The number of rotatable bonds is 6. The van der Waals surface area contributed by atoms with Crippen molar-refractivity contribution in [1.29, 1.82) is 0 Å². The Labute approximate surface area is 88.2 Å². The van der Waals surface area contributed by atoms with Crippen LogP contribution in [0.2, 0.25) is 0 Å². The summed E-state index contributed by atoms with van der Waals surface area (Å²) in [6, 6.07) is 0.251. The van der Waals surface area contributed by atoms with Gasteiger partial charge < -0.3 is 20.1 Å². The molecule has 0 radical (unpaired) electrons. The lowest BCUT2D eigenvalue weighted by Gasteiger charge is -2.16. The van der Waals surface area contributed by atoms with Crippen LogP contribution in [0.4, 0.5) is 4.79 Å². The maximum absolute atomic E-state index is 11.4. The second kappa shape index (κ2) is 5.55. The predicted molar refractivity (Wildman–Crippen MR) is 52.6 cm³/mol. The molecular weight excluding hydrogens is 200 g/mol. The molecule has 0 bridgehead atoms. The summed E-state index contributed by atoms with van der Waals surface area (Å²) in [7, 11) is 1.76. The average Bonchev–Trinajstić information content (AvgIpc) is 2.98. The molecule has 6 nitrogen and oxygen atoms in total. The average molecular weight is 216 g/mol. The van der Waals surface area contributed by atoms with E-state index < -0.39 is 5.97 Å². The smallest absolute Gasteiger partial charge is 0.329 e. The van der Waals surface area contributed by atoms with Crippen LogP contribution < -0.4 is 5.32 Å². The Morgan fingerprint density at radius 1 is 1.53 bits per heavy atom. The van der Waals surface area contributed by atoms with E-state index in [0.717, 1.165) is 12.8 Å². The third kappa shape index (κ3) is 4.64. The molecule has 0 aliphatic heterocycles. The first-order chi connectivity index (χ1) is 7.11. The molecule has 0 aromatic heterocycles. The van der Waals surface area contributed by atoms with Crippen molar-refractivity contribution in [2.24, 2.45) is 0 Å². The molecule has 86 valence electrons. The minimum absolute atomic E-state index is 0.128. The minimum Gasteiger partial charge on any atom is -0.480 e. The molecular formula is C9H16N2O4. The van der Waals surface area contributed by atoms with Gasteiger partial charge in [0, 0.05) is 19.6 Å². The summed E-state index contributed by atoms with van der Waals surface area (Å²) in [5, 5.41) is 10.9. The van der Waals surface area contributed by atoms with Gasteiger partial charge in [-0.2, -0.15) is 0 Å². The molecule has 0 aromatic rings. The first-order valence-electron chi connectivity index (χ1n) is 4.91. The Hall–Kier alpha value is -1.30. The van der Waals surface area contributed by atoms with Gasteiger partial charge in [-0.3, -0.25) is 0 Å². The van der Waals surface area contributed by atoms with E-state index in [1.807, 2.05) is 0 Å². The van der Waals surface area contributed by atoms with Crippen molar-refractivity contribution >= 4 is 12.0 Å². The fourth-order valence-electron chi connectivity index (χ4n) is 1.14. The van der Waals surface area contributed by atoms with Crippen LogP contribution in [0.15, 0.2) is 0 Å². The number of urea groups is 1. The number of amides is 2. The highest BCUT2D eigenvalue weighted by Gasteiger charge is 2.29. The summed E-state index contributed by atoms with van der Waals surface area (Å²) in [5.74, 6) is -1.00. The van der Waals surface area contributed by atoms with E-state index in [1.54, 1.807) is 11.9 Å². The third-order valence-electron chi connectivity index (χ3n) is 2.16. The molecule has 0 aromatic carbocycles. The molecule has 15 heavy (non-hydrogen) atoms. The Kier molecular flexibility index (Phi) is 4.36. The Balaban J connectivity index is 1.99. The number of hydrogen-bond donors (Lipinski definition) is 2. The Bertz CT molecular complexity index is 240. The first kappa shape index (κ1) is 11.8. The Morgan fingerprint density at radius 2 is 2.20 bits per heavy atom. The van der Waals surface area contributed by atoms with Crippen LogP contribution >= 0.6 is 0 Å². The zero-order chi connectivity index (χ0) is 11.3. The third-order valence-corrected chi connectivity index (χ3v) is 2.16. The van der Waals surface area contributed by atoms with Gasteiger partial charge in [-0.05, 0) is 12.8 Å². The van der Waals surface area contributed by atoms with Gasteiger partial charge in [0.1, 0.15) is 6.61 Å². The van der Waals surface area contributed by atoms with Crippen LogP contribution in [0.5, 0.6) is 0 Å². The number of carboxylic acids is 1. The summed E-state index contributed by atoms with van der Waals surface area (Å²) in [6.07, 6.45) is 2.14. The van der Waals surface area contributed by atoms with Crippen molar-refractivity contribution < 1.29 is 19.4 Å². The quantitative estimate of drug-likeness (QED) is 0.607. The Morgan fingerprint density at radius 3 is 2.73 bits per heavy atom. The summed E-state index contributed by atoms with van der Waals surface area (Å²) in [5.41, 5.74) is 0. The number of carbonyl (C=O) groups excluding carboxylic acids is 1. The molecule has 1 fully saturated rings. The molecule has 0 unspecified atom stereocenters. The van der Waals surface area contributed by atoms with Gasteiger partial charge in [0.05, 0.1) is 6.61 Å². The minimum atomic E-state index is -1.00. The topological polar surface area (TPSA) is 78.9 Å². The number of carboxylic acid groups (broad SMARTS) is 1. The van der Waals surface area contributed by atoms with Gasteiger partial charge >= 0.3 is 12.0 Å². The van der Waals surface area contributed by atoms with Crippen molar-refractivity contribution in [2.45, 2.75) is 18.9 Å². The van der Waals surface area contributed by atoms with Crippen LogP contribution in [0, 0.1) is 0 Å². The van der Waals surface area contributed by atoms with E-state index in [4.69, 9.17) is 9.84 Å². The normalized spacial score (nSPS) is 14.7. The zero-order valence-electron chi connectivity index (χ0n) is 8.73. The van der Waals surface area contributed by atoms with Crippen LogP contribution in [-0.4, -0.2) is 54.9 Å². The van der Waals surface area contributed by atoms with Gasteiger partial charge in [0.15, 0.2) is 0 Å². The highest BCUT2D eigenvalue weighted by atomic mass is 16.5. The zero-order valence-corrected chi connectivity index (χ0v) is 8.73. The SMILES string of the molecule is CN(C(=O)NCCOCC(=O)O)C1CC1. The summed E-state index contributed by atoms with van der Waals surface area (Å²) >= 11 is 0.